The quantitative estimate of drug-likeness (QED) is 0.630. The molecule has 0 bridgehead atoms. The second kappa shape index (κ2) is 7.65. The average Bonchev–Trinajstić information content (AvgIpc) is 2.95. The Labute approximate surface area is 174 Å². The van der Waals surface area contributed by atoms with Gasteiger partial charge in [-0.05, 0) is 37.1 Å². The fourth-order valence-electron chi connectivity index (χ4n) is 3.42. The molecule has 0 spiro atoms. The van der Waals surface area contributed by atoms with Crippen LogP contribution in [0.3, 0.4) is 0 Å². The third-order valence-electron chi connectivity index (χ3n) is 4.86. The summed E-state index contributed by atoms with van der Waals surface area (Å²) in [6.45, 7) is 1.05. The summed E-state index contributed by atoms with van der Waals surface area (Å²) in [5, 5.41) is 2.51. The van der Waals surface area contributed by atoms with Gasteiger partial charge in [-0.3, -0.25) is 14.3 Å². The molecule has 0 atom stereocenters. The van der Waals surface area contributed by atoms with Crippen molar-refractivity contribution in [2.45, 2.75) is 25.9 Å². The molecule has 0 aliphatic carbocycles. The summed E-state index contributed by atoms with van der Waals surface area (Å²) < 4.78 is 31.7. The molecule has 1 aromatic heterocycles. The lowest BCUT2D eigenvalue weighted by Gasteiger charge is -2.17. The van der Waals surface area contributed by atoms with Crippen molar-refractivity contribution >= 4 is 34.8 Å². The molecule has 3 aromatic rings. The second-order valence-corrected chi connectivity index (χ2v) is 7.44. The van der Waals surface area contributed by atoms with E-state index in [4.69, 9.17) is 23.2 Å². The third kappa shape index (κ3) is 3.45. The summed E-state index contributed by atoms with van der Waals surface area (Å²) in [5.41, 5.74) is -0.637. The lowest BCUT2D eigenvalue weighted by atomic mass is 10.1. The van der Waals surface area contributed by atoms with Crippen molar-refractivity contribution in [3.05, 3.63) is 74.1 Å². The van der Waals surface area contributed by atoms with Gasteiger partial charge in [-0.1, -0.05) is 35.3 Å². The number of hydrogen-bond acceptors (Lipinski definition) is 2. The summed E-state index contributed by atoms with van der Waals surface area (Å²) in [4.78, 5) is 25.2. The zero-order valence-corrected chi connectivity index (χ0v) is 16.5. The summed E-state index contributed by atoms with van der Waals surface area (Å²) in [5.74, 6) is -2.20. The lowest BCUT2D eigenvalue weighted by Crippen LogP contribution is -2.27. The minimum atomic E-state index is -0.749. The Balaban J connectivity index is 1.78. The van der Waals surface area contributed by atoms with Crippen molar-refractivity contribution in [2.75, 3.05) is 5.32 Å². The maximum Gasteiger partial charge on any atom is 0.276 e. The van der Waals surface area contributed by atoms with Crippen LogP contribution < -0.4 is 10.9 Å². The maximum atomic E-state index is 14.7. The predicted octanol–water partition coefficient (Wildman–Crippen LogP) is 4.95. The zero-order valence-electron chi connectivity index (χ0n) is 15.0. The Morgan fingerprint density at radius 1 is 1.00 bits per heavy atom. The first-order chi connectivity index (χ1) is 13.9. The van der Waals surface area contributed by atoms with Gasteiger partial charge >= 0.3 is 0 Å². The smallest absolute Gasteiger partial charge is 0.276 e. The summed E-state index contributed by atoms with van der Waals surface area (Å²) >= 11 is 12.4. The van der Waals surface area contributed by atoms with E-state index in [0.717, 1.165) is 25.0 Å². The van der Waals surface area contributed by atoms with Crippen LogP contribution in [0.5, 0.6) is 0 Å². The Morgan fingerprint density at radius 2 is 1.69 bits per heavy atom. The summed E-state index contributed by atoms with van der Waals surface area (Å²) in [6.07, 6.45) is 1.69. The Hall–Kier alpha value is -2.64. The number of halogens is 4. The van der Waals surface area contributed by atoms with Crippen molar-refractivity contribution in [3.63, 3.8) is 0 Å². The average molecular weight is 438 g/mol. The normalized spacial score (nSPS) is 13.2. The van der Waals surface area contributed by atoms with Gasteiger partial charge in [0.05, 0.1) is 21.8 Å². The molecule has 0 unspecified atom stereocenters. The van der Waals surface area contributed by atoms with Crippen LogP contribution in [0.15, 0.2) is 41.2 Å². The molecule has 1 aliphatic heterocycles. The van der Waals surface area contributed by atoms with Gasteiger partial charge in [0.25, 0.3) is 11.5 Å². The van der Waals surface area contributed by atoms with Gasteiger partial charge in [0.1, 0.15) is 16.8 Å². The van der Waals surface area contributed by atoms with Crippen LogP contribution in [0.4, 0.5) is 14.5 Å². The number of nitrogens with zero attached hydrogens (tertiary/aromatic N) is 2. The topological polar surface area (TPSA) is 56.0 Å². The highest BCUT2D eigenvalue weighted by Gasteiger charge is 2.25. The van der Waals surface area contributed by atoms with Crippen LogP contribution in [0.2, 0.25) is 10.2 Å². The van der Waals surface area contributed by atoms with E-state index < -0.39 is 23.1 Å². The summed E-state index contributed by atoms with van der Waals surface area (Å²) in [6, 6.07) is 7.67. The molecule has 1 aliphatic rings. The van der Waals surface area contributed by atoms with Crippen LogP contribution in [0, 0.1) is 11.6 Å². The van der Waals surface area contributed by atoms with Crippen molar-refractivity contribution in [2.24, 2.45) is 0 Å². The number of rotatable bonds is 3. The standard InChI is InChI=1S/C20H15Cl2F2N3O2/c21-13-10-15(24)12(17-18(22)26-7-3-4-8-27(26)20(17)29)9-16(13)25-19(28)11-5-1-2-6-14(11)23/h1-2,5-6,9-10H,3-4,7-8H2,(H,25,28). The maximum absolute atomic E-state index is 14.7. The highest BCUT2D eigenvalue weighted by molar-refractivity contribution is 6.34. The lowest BCUT2D eigenvalue weighted by molar-refractivity contribution is 0.102. The first-order valence-corrected chi connectivity index (χ1v) is 9.68. The number of benzene rings is 2. The number of amides is 1. The zero-order chi connectivity index (χ0) is 20.7. The van der Waals surface area contributed by atoms with Gasteiger partial charge in [0.2, 0.25) is 0 Å². The van der Waals surface area contributed by atoms with Gasteiger partial charge in [-0.15, -0.1) is 0 Å². The number of aromatic nitrogens is 2. The molecule has 1 amide bonds. The molecule has 29 heavy (non-hydrogen) atoms. The van der Waals surface area contributed by atoms with E-state index in [9.17, 15) is 18.4 Å². The van der Waals surface area contributed by atoms with Crippen LogP contribution in [-0.4, -0.2) is 15.3 Å². The van der Waals surface area contributed by atoms with Gasteiger partial charge in [-0.25, -0.2) is 13.5 Å². The highest BCUT2D eigenvalue weighted by atomic mass is 35.5. The summed E-state index contributed by atoms with van der Waals surface area (Å²) in [7, 11) is 0. The van der Waals surface area contributed by atoms with Crippen molar-refractivity contribution in [1.82, 2.24) is 9.36 Å². The van der Waals surface area contributed by atoms with Crippen LogP contribution >= 0.6 is 23.2 Å². The minimum absolute atomic E-state index is 0.00382. The second-order valence-electron chi connectivity index (χ2n) is 6.67. The Kier molecular flexibility index (Phi) is 5.19. The highest BCUT2D eigenvalue weighted by Crippen LogP contribution is 2.35. The van der Waals surface area contributed by atoms with E-state index in [1.165, 1.54) is 28.9 Å². The number of carbonyl (C=O) groups excluding carboxylic acids is 1. The first-order valence-electron chi connectivity index (χ1n) is 8.93. The van der Waals surface area contributed by atoms with Gasteiger partial charge in [0, 0.05) is 18.7 Å². The van der Waals surface area contributed by atoms with Crippen molar-refractivity contribution in [3.8, 4) is 11.1 Å². The predicted molar refractivity (Wildman–Crippen MR) is 108 cm³/mol. The van der Waals surface area contributed by atoms with Gasteiger partial charge in [-0.2, -0.15) is 0 Å². The van der Waals surface area contributed by atoms with Crippen LogP contribution in [-0.2, 0) is 13.1 Å². The number of carbonyl (C=O) groups is 1. The number of anilines is 1. The van der Waals surface area contributed by atoms with Gasteiger partial charge in [0.15, 0.2) is 0 Å². The van der Waals surface area contributed by atoms with E-state index in [1.807, 2.05) is 0 Å². The molecule has 5 nitrogen and oxygen atoms in total. The molecular weight excluding hydrogens is 423 g/mol. The van der Waals surface area contributed by atoms with E-state index in [0.29, 0.717) is 13.1 Å². The van der Waals surface area contributed by atoms with E-state index in [2.05, 4.69) is 5.32 Å². The van der Waals surface area contributed by atoms with E-state index >= 15 is 0 Å². The SMILES string of the molecule is O=C(Nc1cc(-c2c(Cl)n3n(c2=O)CCCC3)c(F)cc1Cl)c1ccccc1F. The molecule has 150 valence electrons. The molecule has 2 heterocycles. The Bertz CT molecular complexity index is 1190. The van der Waals surface area contributed by atoms with Crippen molar-refractivity contribution in [1.29, 1.82) is 0 Å². The monoisotopic (exact) mass is 437 g/mol. The molecule has 0 saturated heterocycles. The molecule has 0 saturated carbocycles. The van der Waals surface area contributed by atoms with E-state index in [1.54, 1.807) is 4.68 Å². The number of hydrogen-bond donors (Lipinski definition) is 1. The van der Waals surface area contributed by atoms with Gasteiger partial charge < -0.3 is 5.32 Å². The van der Waals surface area contributed by atoms with Crippen LogP contribution in [0.1, 0.15) is 23.2 Å². The molecule has 0 fully saturated rings. The molecule has 9 heteroatoms. The van der Waals surface area contributed by atoms with Crippen LogP contribution in [0.25, 0.3) is 11.1 Å². The molecule has 2 aromatic carbocycles. The molecule has 1 N–H and O–H groups in total. The Morgan fingerprint density at radius 3 is 2.38 bits per heavy atom. The molecule has 0 radical (unpaired) electrons. The fourth-order valence-corrected chi connectivity index (χ4v) is 3.98. The third-order valence-corrected chi connectivity index (χ3v) is 5.55. The fraction of sp³-hybridized carbons (Fsp3) is 0.200. The minimum Gasteiger partial charge on any atom is -0.321 e. The molecular formula is C20H15Cl2F2N3O2. The number of fused-ring (bicyclic) bond motifs is 1. The number of nitrogens with one attached hydrogen (secondary N) is 1. The molecule has 4 rings (SSSR count). The largest absolute Gasteiger partial charge is 0.321 e. The van der Waals surface area contributed by atoms with Crippen molar-refractivity contribution < 1.29 is 13.6 Å². The van der Waals surface area contributed by atoms with E-state index in [-0.39, 0.29) is 32.6 Å². The first kappa shape index (κ1) is 19.7.